The molecule has 0 spiro atoms. The van der Waals surface area contributed by atoms with Crippen LogP contribution in [0.5, 0.6) is 0 Å². The molecule has 1 aliphatic heterocycles. The molecule has 7 nitrogen and oxygen atoms in total. The Labute approximate surface area is 139 Å². The fraction of sp³-hybridized carbons (Fsp3) is 0.412. The fourth-order valence-electron chi connectivity index (χ4n) is 3.02. The van der Waals surface area contributed by atoms with Crippen LogP contribution >= 0.6 is 0 Å². The molecule has 1 aromatic rings. The minimum Gasteiger partial charge on any atom is -0.324 e. The van der Waals surface area contributed by atoms with Gasteiger partial charge in [0.2, 0.25) is 5.91 Å². The highest BCUT2D eigenvalue weighted by atomic mass is 16.2. The lowest BCUT2D eigenvalue weighted by molar-refractivity contribution is -0.143. The van der Waals surface area contributed by atoms with Gasteiger partial charge in [0.25, 0.3) is 0 Å². The van der Waals surface area contributed by atoms with Crippen LogP contribution in [0.15, 0.2) is 12.1 Å². The largest absolute Gasteiger partial charge is 0.334 e. The van der Waals surface area contributed by atoms with E-state index in [1.54, 1.807) is 0 Å². The van der Waals surface area contributed by atoms with Crippen molar-refractivity contribution in [2.75, 3.05) is 11.9 Å². The summed E-state index contributed by atoms with van der Waals surface area (Å²) < 4.78 is 0. The molecule has 0 aromatic heterocycles. The SMILES string of the molecule is Cc1cc(C)c(NC(=O)CN2C(=O)C(=O)N(C3CC3)C2=O)c(C)c1. The first-order valence-electron chi connectivity index (χ1n) is 7.86. The van der Waals surface area contributed by atoms with Crippen LogP contribution in [-0.4, -0.2) is 46.1 Å². The third kappa shape index (κ3) is 2.77. The molecule has 2 fully saturated rings. The van der Waals surface area contributed by atoms with Gasteiger partial charge in [0.05, 0.1) is 0 Å². The zero-order valence-corrected chi connectivity index (χ0v) is 13.9. The van der Waals surface area contributed by atoms with Gasteiger partial charge in [-0.15, -0.1) is 0 Å². The number of hydrogen-bond acceptors (Lipinski definition) is 4. The van der Waals surface area contributed by atoms with E-state index in [1.165, 1.54) is 0 Å². The van der Waals surface area contributed by atoms with E-state index in [2.05, 4.69) is 5.32 Å². The molecule has 0 atom stereocenters. The molecule has 1 aromatic carbocycles. The van der Waals surface area contributed by atoms with Crippen LogP contribution in [-0.2, 0) is 14.4 Å². The van der Waals surface area contributed by atoms with Crippen LogP contribution in [0.1, 0.15) is 29.5 Å². The van der Waals surface area contributed by atoms with Crippen LogP contribution in [0.3, 0.4) is 0 Å². The lowest BCUT2D eigenvalue weighted by Gasteiger charge is -2.16. The molecule has 1 heterocycles. The summed E-state index contributed by atoms with van der Waals surface area (Å²) in [6.45, 7) is 5.25. The van der Waals surface area contributed by atoms with Gasteiger partial charge in [-0.05, 0) is 44.7 Å². The van der Waals surface area contributed by atoms with Crippen molar-refractivity contribution in [3.63, 3.8) is 0 Å². The lowest BCUT2D eigenvalue weighted by Crippen LogP contribution is -2.39. The number of nitrogens with one attached hydrogen (secondary N) is 1. The second kappa shape index (κ2) is 5.74. The van der Waals surface area contributed by atoms with Gasteiger partial charge in [-0.25, -0.2) is 9.69 Å². The standard InChI is InChI=1S/C17H19N3O4/c1-9-6-10(2)14(11(3)7-9)18-13(21)8-19-15(22)16(23)20(17(19)24)12-4-5-12/h6-7,12H,4-5,8H2,1-3H3,(H,18,21). The van der Waals surface area contributed by atoms with Crippen molar-refractivity contribution < 1.29 is 19.2 Å². The van der Waals surface area contributed by atoms with E-state index < -0.39 is 30.3 Å². The van der Waals surface area contributed by atoms with E-state index in [0.717, 1.165) is 26.5 Å². The molecule has 1 N–H and O–H groups in total. The van der Waals surface area contributed by atoms with E-state index in [-0.39, 0.29) is 6.04 Å². The molecular weight excluding hydrogens is 310 g/mol. The molecule has 0 unspecified atom stereocenters. The van der Waals surface area contributed by atoms with Gasteiger partial charge in [-0.3, -0.25) is 19.3 Å². The lowest BCUT2D eigenvalue weighted by atomic mass is 10.1. The molecule has 0 radical (unpaired) electrons. The molecule has 0 bridgehead atoms. The van der Waals surface area contributed by atoms with E-state index in [0.29, 0.717) is 18.5 Å². The second-order valence-corrected chi connectivity index (χ2v) is 6.40. The quantitative estimate of drug-likeness (QED) is 0.670. The molecule has 5 amide bonds. The summed E-state index contributed by atoms with van der Waals surface area (Å²) in [5, 5.41) is 2.73. The fourth-order valence-corrected chi connectivity index (χ4v) is 3.02. The number of carbonyl (C=O) groups is 4. The maximum Gasteiger partial charge on any atom is 0.334 e. The second-order valence-electron chi connectivity index (χ2n) is 6.40. The molecular formula is C17H19N3O4. The Balaban J connectivity index is 1.72. The molecule has 2 aliphatic rings. The number of rotatable bonds is 4. The summed E-state index contributed by atoms with van der Waals surface area (Å²) in [5.41, 5.74) is 3.54. The van der Waals surface area contributed by atoms with Crippen molar-refractivity contribution in [1.29, 1.82) is 0 Å². The Hall–Kier alpha value is -2.70. The minimum absolute atomic E-state index is 0.191. The van der Waals surface area contributed by atoms with Crippen LogP contribution in [0.25, 0.3) is 0 Å². The number of imide groups is 2. The van der Waals surface area contributed by atoms with Gasteiger partial charge in [0.1, 0.15) is 6.54 Å². The Bertz CT molecular complexity index is 744. The summed E-state index contributed by atoms with van der Waals surface area (Å²) in [7, 11) is 0. The average Bonchev–Trinajstić information content (AvgIpc) is 3.29. The first kappa shape index (κ1) is 16.2. The first-order chi connectivity index (χ1) is 11.3. The number of urea groups is 1. The smallest absolute Gasteiger partial charge is 0.324 e. The zero-order valence-electron chi connectivity index (χ0n) is 13.9. The van der Waals surface area contributed by atoms with Crippen molar-refractivity contribution in [3.05, 3.63) is 28.8 Å². The molecule has 3 rings (SSSR count). The maximum atomic E-state index is 12.3. The van der Waals surface area contributed by atoms with Crippen molar-refractivity contribution in [1.82, 2.24) is 9.80 Å². The highest BCUT2D eigenvalue weighted by molar-refractivity contribution is 6.45. The number of nitrogens with zero attached hydrogens (tertiary/aromatic N) is 2. The van der Waals surface area contributed by atoms with E-state index in [1.807, 2.05) is 32.9 Å². The van der Waals surface area contributed by atoms with Gasteiger partial charge in [-0.2, -0.15) is 0 Å². The summed E-state index contributed by atoms with van der Waals surface area (Å²) in [5.74, 6) is -2.27. The monoisotopic (exact) mass is 329 g/mol. The van der Waals surface area contributed by atoms with Crippen LogP contribution < -0.4 is 5.32 Å². The van der Waals surface area contributed by atoms with Gasteiger partial charge < -0.3 is 5.32 Å². The van der Waals surface area contributed by atoms with Crippen LogP contribution in [0, 0.1) is 20.8 Å². The third-order valence-corrected chi connectivity index (χ3v) is 4.24. The van der Waals surface area contributed by atoms with Crippen molar-refractivity contribution in [2.45, 2.75) is 39.7 Å². The number of hydrogen-bond donors (Lipinski definition) is 1. The topological polar surface area (TPSA) is 86.8 Å². The molecule has 24 heavy (non-hydrogen) atoms. The minimum atomic E-state index is -0.931. The molecule has 1 aliphatic carbocycles. The summed E-state index contributed by atoms with van der Waals surface area (Å²) in [4.78, 5) is 50.0. The predicted molar refractivity (Wildman–Crippen MR) is 86.3 cm³/mol. The highest BCUT2D eigenvalue weighted by Gasteiger charge is 2.51. The zero-order chi connectivity index (χ0) is 17.6. The van der Waals surface area contributed by atoms with Gasteiger partial charge >= 0.3 is 17.8 Å². The number of aryl methyl sites for hydroxylation is 3. The van der Waals surface area contributed by atoms with Crippen molar-refractivity contribution in [3.8, 4) is 0 Å². The van der Waals surface area contributed by atoms with Gasteiger partial charge in [0, 0.05) is 11.7 Å². The molecule has 1 saturated heterocycles. The first-order valence-corrected chi connectivity index (χ1v) is 7.86. The Morgan fingerprint density at radius 2 is 1.67 bits per heavy atom. The number of amides is 5. The maximum absolute atomic E-state index is 12.3. The third-order valence-electron chi connectivity index (χ3n) is 4.24. The van der Waals surface area contributed by atoms with E-state index >= 15 is 0 Å². The Morgan fingerprint density at radius 1 is 1.08 bits per heavy atom. The van der Waals surface area contributed by atoms with Crippen LogP contribution in [0.4, 0.5) is 10.5 Å². The van der Waals surface area contributed by atoms with E-state index in [4.69, 9.17) is 0 Å². The van der Waals surface area contributed by atoms with Gasteiger partial charge in [0.15, 0.2) is 0 Å². The predicted octanol–water partition coefficient (Wildman–Crippen LogP) is 1.50. The highest BCUT2D eigenvalue weighted by Crippen LogP contribution is 2.31. The Kier molecular flexibility index (Phi) is 3.87. The molecule has 1 saturated carbocycles. The average molecular weight is 329 g/mol. The number of carbonyl (C=O) groups excluding carboxylic acids is 4. The van der Waals surface area contributed by atoms with Crippen LogP contribution in [0.2, 0.25) is 0 Å². The molecule has 7 heteroatoms. The van der Waals surface area contributed by atoms with Crippen molar-refractivity contribution >= 4 is 29.4 Å². The summed E-state index contributed by atoms with van der Waals surface area (Å²) >= 11 is 0. The Morgan fingerprint density at radius 3 is 2.21 bits per heavy atom. The number of benzene rings is 1. The summed E-state index contributed by atoms with van der Waals surface area (Å²) in [6.07, 6.45) is 1.43. The normalized spacial score (nSPS) is 17.7. The van der Waals surface area contributed by atoms with E-state index in [9.17, 15) is 19.2 Å². The summed E-state index contributed by atoms with van der Waals surface area (Å²) in [6, 6.07) is 2.99. The van der Waals surface area contributed by atoms with Gasteiger partial charge in [-0.1, -0.05) is 17.7 Å². The number of anilines is 1. The van der Waals surface area contributed by atoms with Crippen molar-refractivity contribution in [2.24, 2.45) is 0 Å². The molecule has 126 valence electrons.